The smallest absolute Gasteiger partial charge is 0.162 e. The normalized spacial score (nSPS) is 18.5. The summed E-state index contributed by atoms with van der Waals surface area (Å²) >= 11 is 6.12. The molecule has 1 aromatic rings. The second-order valence-electron chi connectivity index (χ2n) is 5.51. The van der Waals surface area contributed by atoms with Crippen LogP contribution < -0.4 is 0 Å². The number of hydrogen-bond acceptors (Lipinski definition) is 3. The zero-order chi connectivity index (χ0) is 13.2. The van der Waals surface area contributed by atoms with Crippen molar-refractivity contribution in [2.75, 3.05) is 7.11 Å². The van der Waals surface area contributed by atoms with E-state index in [0.29, 0.717) is 11.1 Å². The third-order valence-corrected chi connectivity index (χ3v) is 3.77. The van der Waals surface area contributed by atoms with Gasteiger partial charge in [0.15, 0.2) is 5.82 Å². The highest BCUT2D eigenvalue weighted by Gasteiger charge is 2.38. The molecule has 4 heteroatoms. The number of ether oxygens (including phenoxy) is 1. The van der Waals surface area contributed by atoms with Gasteiger partial charge in [0.05, 0.1) is 0 Å². The van der Waals surface area contributed by atoms with E-state index >= 15 is 0 Å². The number of rotatable bonds is 4. The summed E-state index contributed by atoms with van der Waals surface area (Å²) in [6.07, 6.45) is 5.25. The standard InChI is InChI=1S/C14H21ClN2O/c1-10(2)8-11-9-12(15)17-13(16-11)14(18-3)6-4-5-7-14/h9-10H,4-8H2,1-3H3. The molecule has 0 radical (unpaired) electrons. The van der Waals surface area contributed by atoms with E-state index < -0.39 is 0 Å². The molecule has 2 rings (SSSR count). The van der Waals surface area contributed by atoms with E-state index in [2.05, 4.69) is 23.8 Å². The van der Waals surface area contributed by atoms with Crippen LogP contribution in [0.1, 0.15) is 51.0 Å². The lowest BCUT2D eigenvalue weighted by Gasteiger charge is -2.26. The Morgan fingerprint density at radius 2 is 2.00 bits per heavy atom. The minimum atomic E-state index is -0.309. The highest BCUT2D eigenvalue weighted by Crippen LogP contribution is 2.40. The molecule has 0 aliphatic heterocycles. The summed E-state index contributed by atoms with van der Waals surface area (Å²) < 4.78 is 5.72. The van der Waals surface area contributed by atoms with Gasteiger partial charge in [-0.3, -0.25) is 0 Å². The highest BCUT2D eigenvalue weighted by atomic mass is 35.5. The van der Waals surface area contributed by atoms with Crippen LogP contribution in [0, 0.1) is 5.92 Å². The van der Waals surface area contributed by atoms with Gasteiger partial charge in [-0.1, -0.05) is 25.4 Å². The van der Waals surface area contributed by atoms with Crippen LogP contribution in [-0.2, 0) is 16.8 Å². The fourth-order valence-corrected chi connectivity index (χ4v) is 2.86. The first-order valence-electron chi connectivity index (χ1n) is 6.65. The molecule has 0 amide bonds. The average Bonchev–Trinajstić information content (AvgIpc) is 2.76. The lowest BCUT2D eigenvalue weighted by molar-refractivity contribution is -0.0164. The predicted octanol–water partition coefficient (Wildman–Crippen LogP) is 3.74. The number of halogens is 1. The van der Waals surface area contributed by atoms with Crippen molar-refractivity contribution in [3.05, 3.63) is 22.7 Å². The minimum absolute atomic E-state index is 0.309. The summed E-state index contributed by atoms with van der Waals surface area (Å²) in [7, 11) is 1.75. The maximum absolute atomic E-state index is 6.12. The van der Waals surface area contributed by atoms with Crippen LogP contribution >= 0.6 is 11.6 Å². The Labute approximate surface area is 114 Å². The average molecular weight is 269 g/mol. The molecule has 0 aromatic carbocycles. The van der Waals surface area contributed by atoms with Gasteiger partial charge in [-0.15, -0.1) is 0 Å². The van der Waals surface area contributed by atoms with Crippen molar-refractivity contribution < 1.29 is 4.74 Å². The zero-order valence-corrected chi connectivity index (χ0v) is 12.1. The van der Waals surface area contributed by atoms with E-state index in [1.54, 1.807) is 7.11 Å². The van der Waals surface area contributed by atoms with E-state index in [9.17, 15) is 0 Å². The van der Waals surface area contributed by atoms with Crippen molar-refractivity contribution >= 4 is 11.6 Å². The fraction of sp³-hybridized carbons (Fsp3) is 0.714. The quantitative estimate of drug-likeness (QED) is 0.780. The monoisotopic (exact) mass is 268 g/mol. The lowest BCUT2D eigenvalue weighted by Crippen LogP contribution is -2.28. The van der Waals surface area contributed by atoms with Crippen LogP contribution in [0.2, 0.25) is 5.15 Å². The third kappa shape index (κ3) is 2.83. The SMILES string of the molecule is COC1(c2nc(Cl)cc(CC(C)C)n2)CCCC1. The van der Waals surface area contributed by atoms with E-state index in [4.69, 9.17) is 16.3 Å². The Kier molecular flexibility index (Phi) is 4.23. The van der Waals surface area contributed by atoms with Gasteiger partial charge >= 0.3 is 0 Å². The van der Waals surface area contributed by atoms with Crippen LogP contribution in [0.5, 0.6) is 0 Å². The Morgan fingerprint density at radius 3 is 2.56 bits per heavy atom. The summed E-state index contributed by atoms with van der Waals surface area (Å²) in [5, 5.41) is 0.527. The number of methoxy groups -OCH3 is 1. The molecular formula is C14H21ClN2O. The van der Waals surface area contributed by atoms with Crippen molar-refractivity contribution in [2.45, 2.75) is 51.6 Å². The molecule has 1 fully saturated rings. The Balaban J connectivity index is 2.34. The fourth-order valence-electron chi connectivity index (χ4n) is 2.66. The number of aromatic nitrogens is 2. The summed E-state index contributed by atoms with van der Waals surface area (Å²) in [4.78, 5) is 9.07. The lowest BCUT2D eigenvalue weighted by atomic mass is 10.0. The maximum atomic E-state index is 6.12. The van der Waals surface area contributed by atoms with Crippen LogP contribution in [0.3, 0.4) is 0 Å². The minimum Gasteiger partial charge on any atom is -0.370 e. The van der Waals surface area contributed by atoms with E-state index in [1.165, 1.54) is 12.8 Å². The van der Waals surface area contributed by atoms with Crippen molar-refractivity contribution in [1.82, 2.24) is 9.97 Å². The predicted molar refractivity (Wildman–Crippen MR) is 72.7 cm³/mol. The Hall–Kier alpha value is -0.670. The van der Waals surface area contributed by atoms with Gasteiger partial charge in [-0.25, -0.2) is 9.97 Å². The molecule has 0 atom stereocenters. The van der Waals surface area contributed by atoms with Crippen molar-refractivity contribution in [2.24, 2.45) is 5.92 Å². The topological polar surface area (TPSA) is 35.0 Å². The van der Waals surface area contributed by atoms with Crippen molar-refractivity contribution in [1.29, 1.82) is 0 Å². The molecule has 100 valence electrons. The molecular weight excluding hydrogens is 248 g/mol. The number of nitrogens with zero attached hydrogens (tertiary/aromatic N) is 2. The Morgan fingerprint density at radius 1 is 1.33 bits per heavy atom. The second-order valence-corrected chi connectivity index (χ2v) is 5.90. The second kappa shape index (κ2) is 5.54. The van der Waals surface area contributed by atoms with Crippen LogP contribution in [0.15, 0.2) is 6.07 Å². The molecule has 0 spiro atoms. The third-order valence-electron chi connectivity index (χ3n) is 3.57. The van der Waals surface area contributed by atoms with Gasteiger partial charge < -0.3 is 4.74 Å². The summed E-state index contributed by atoms with van der Waals surface area (Å²) in [6.45, 7) is 4.36. The molecule has 0 N–H and O–H groups in total. The van der Waals surface area contributed by atoms with Crippen LogP contribution in [-0.4, -0.2) is 17.1 Å². The van der Waals surface area contributed by atoms with Gasteiger partial charge in [0.2, 0.25) is 0 Å². The molecule has 0 saturated heterocycles. The van der Waals surface area contributed by atoms with Gasteiger partial charge in [-0.2, -0.15) is 0 Å². The summed E-state index contributed by atoms with van der Waals surface area (Å²) in [5.74, 6) is 1.33. The zero-order valence-electron chi connectivity index (χ0n) is 11.4. The first-order valence-corrected chi connectivity index (χ1v) is 7.02. The first kappa shape index (κ1) is 13.8. The van der Waals surface area contributed by atoms with E-state index in [0.717, 1.165) is 30.8 Å². The van der Waals surface area contributed by atoms with Crippen LogP contribution in [0.4, 0.5) is 0 Å². The van der Waals surface area contributed by atoms with Gasteiger partial charge in [-0.05, 0) is 44.1 Å². The van der Waals surface area contributed by atoms with Gasteiger partial charge in [0.1, 0.15) is 10.8 Å². The highest BCUT2D eigenvalue weighted by molar-refractivity contribution is 6.29. The van der Waals surface area contributed by atoms with Crippen molar-refractivity contribution in [3.63, 3.8) is 0 Å². The van der Waals surface area contributed by atoms with Crippen LogP contribution in [0.25, 0.3) is 0 Å². The molecule has 18 heavy (non-hydrogen) atoms. The summed E-state index contributed by atoms with van der Waals surface area (Å²) in [5.41, 5.74) is 0.708. The molecule has 1 aliphatic carbocycles. The van der Waals surface area contributed by atoms with Gasteiger partial charge in [0.25, 0.3) is 0 Å². The molecule has 1 aliphatic rings. The molecule has 3 nitrogen and oxygen atoms in total. The van der Waals surface area contributed by atoms with Gasteiger partial charge in [0, 0.05) is 12.8 Å². The molecule has 0 unspecified atom stereocenters. The van der Waals surface area contributed by atoms with E-state index in [1.807, 2.05) is 6.07 Å². The maximum Gasteiger partial charge on any atom is 0.162 e. The van der Waals surface area contributed by atoms with Crippen molar-refractivity contribution in [3.8, 4) is 0 Å². The molecule has 0 bridgehead atoms. The summed E-state index contributed by atoms with van der Waals surface area (Å²) in [6, 6.07) is 1.86. The molecule has 1 aromatic heterocycles. The number of hydrogen-bond donors (Lipinski definition) is 0. The van der Waals surface area contributed by atoms with E-state index in [-0.39, 0.29) is 5.60 Å². The molecule has 1 heterocycles. The Bertz CT molecular complexity index is 414. The largest absolute Gasteiger partial charge is 0.370 e. The first-order chi connectivity index (χ1) is 8.55. The molecule has 1 saturated carbocycles.